The lowest BCUT2D eigenvalue weighted by Gasteiger charge is -2.30. The van der Waals surface area contributed by atoms with Gasteiger partial charge in [0.1, 0.15) is 0 Å². The number of unbranched alkanes of at least 4 members (excludes halogenated alkanes) is 18. The van der Waals surface area contributed by atoms with E-state index in [0.717, 1.165) is 48.7 Å². The van der Waals surface area contributed by atoms with Gasteiger partial charge >= 0.3 is 0 Å². The molecule has 2 nitrogen and oxygen atoms in total. The van der Waals surface area contributed by atoms with Crippen LogP contribution in [-0.2, 0) is 9.47 Å². The van der Waals surface area contributed by atoms with Gasteiger partial charge in [-0.3, -0.25) is 0 Å². The van der Waals surface area contributed by atoms with Crippen molar-refractivity contribution in [2.24, 2.45) is 5.41 Å². The van der Waals surface area contributed by atoms with Gasteiger partial charge in [-0.05, 0) is 35.7 Å². The first-order chi connectivity index (χ1) is 22.3. The van der Waals surface area contributed by atoms with Crippen molar-refractivity contribution in [1.82, 2.24) is 0 Å². The van der Waals surface area contributed by atoms with Gasteiger partial charge in [0.05, 0.1) is 23.0 Å². The van der Waals surface area contributed by atoms with Gasteiger partial charge in [0.15, 0.2) is 0 Å². The Labute approximate surface area is 286 Å². The van der Waals surface area contributed by atoms with E-state index in [0.29, 0.717) is 13.2 Å². The van der Waals surface area contributed by atoms with Gasteiger partial charge in [-0.2, -0.15) is 0 Å². The van der Waals surface area contributed by atoms with Crippen LogP contribution < -0.4 is 0 Å². The van der Waals surface area contributed by atoms with Gasteiger partial charge in [0.2, 0.25) is 0 Å². The topological polar surface area (TPSA) is 18.5 Å². The first kappa shape index (κ1) is 39.6. The van der Waals surface area contributed by atoms with Crippen molar-refractivity contribution >= 4 is 22.7 Å². The molecule has 252 valence electrons. The molecule has 0 bridgehead atoms. The summed E-state index contributed by atoms with van der Waals surface area (Å²) in [5, 5.41) is 4.18. The van der Waals surface area contributed by atoms with Gasteiger partial charge in [-0.15, -0.1) is 22.7 Å². The summed E-state index contributed by atoms with van der Waals surface area (Å²) in [4.78, 5) is 2.23. The summed E-state index contributed by atoms with van der Waals surface area (Å²) < 4.78 is 12.8. The predicted molar refractivity (Wildman–Crippen MR) is 199 cm³/mol. The fourth-order valence-corrected chi connectivity index (χ4v) is 6.79. The maximum absolute atomic E-state index is 6.39. The first-order valence-electron chi connectivity index (χ1n) is 18.5. The molecule has 0 spiro atoms. The number of thiophene rings is 2. The molecule has 2 rings (SSSR count). The molecule has 0 radical (unpaired) electrons. The minimum atomic E-state index is -0.217. The Hall–Kier alpha value is -1.56. The minimum Gasteiger partial charge on any atom is -0.381 e. The molecular weight excluding hydrogens is 589 g/mol. The van der Waals surface area contributed by atoms with Crippen molar-refractivity contribution in [3.63, 3.8) is 0 Å². The molecule has 0 aliphatic rings. The molecule has 45 heavy (non-hydrogen) atoms. The quantitative estimate of drug-likeness (QED) is 0.0672. The third-order valence-electron chi connectivity index (χ3n) is 8.49. The van der Waals surface area contributed by atoms with E-state index in [1.165, 1.54) is 116 Å². The van der Waals surface area contributed by atoms with E-state index in [-0.39, 0.29) is 5.41 Å². The highest BCUT2D eigenvalue weighted by atomic mass is 32.1. The average molecular weight is 653 g/mol. The third-order valence-corrected chi connectivity index (χ3v) is 10.1. The lowest BCUT2D eigenvalue weighted by Crippen LogP contribution is -2.32. The second-order valence-corrected chi connectivity index (χ2v) is 14.8. The van der Waals surface area contributed by atoms with Gasteiger partial charge < -0.3 is 9.47 Å². The molecule has 0 fully saturated rings. The Bertz CT molecular complexity index is 935. The molecule has 0 aliphatic carbocycles. The Morgan fingerprint density at radius 1 is 0.511 bits per heavy atom. The summed E-state index contributed by atoms with van der Waals surface area (Å²) in [5.41, 5.74) is -0.217. The highest BCUT2D eigenvalue weighted by molar-refractivity contribution is 7.10. The molecule has 0 saturated carbocycles. The van der Waals surface area contributed by atoms with E-state index in [1.54, 1.807) is 22.7 Å². The molecule has 0 aromatic carbocycles. The molecule has 2 aromatic rings. The fraction of sp³-hybridized carbons (Fsp3) is 0.707. The summed E-state index contributed by atoms with van der Waals surface area (Å²) in [6, 6.07) is 8.33. The van der Waals surface area contributed by atoms with Crippen LogP contribution in [0.5, 0.6) is 0 Å². The van der Waals surface area contributed by atoms with Crippen molar-refractivity contribution in [2.75, 3.05) is 26.4 Å². The van der Waals surface area contributed by atoms with Crippen LogP contribution in [0.4, 0.5) is 0 Å². The maximum atomic E-state index is 6.39. The zero-order chi connectivity index (χ0) is 31.9. The van der Waals surface area contributed by atoms with Crippen molar-refractivity contribution < 1.29 is 9.47 Å². The molecule has 2 heterocycles. The van der Waals surface area contributed by atoms with Crippen LogP contribution in [0, 0.1) is 29.1 Å². The first-order valence-corrected chi connectivity index (χ1v) is 20.2. The van der Waals surface area contributed by atoms with Crippen molar-refractivity contribution in [3.8, 4) is 23.7 Å². The monoisotopic (exact) mass is 652 g/mol. The largest absolute Gasteiger partial charge is 0.381 e. The smallest absolute Gasteiger partial charge is 0.0768 e. The van der Waals surface area contributed by atoms with Crippen LogP contribution in [-0.4, -0.2) is 26.4 Å². The summed E-state index contributed by atoms with van der Waals surface area (Å²) >= 11 is 3.40. The Balaban J connectivity index is 1.83. The molecule has 0 saturated heterocycles. The standard InChI is InChI=1S/C41H64O2S2/c1-3-5-7-9-11-13-15-17-19-21-33-42-37-41(31-23-27-39-29-25-35-44-39,32-24-28-40-30-26-36-45-40)38-43-34-22-20-18-16-14-12-10-8-6-4-2/h25-26,29-30,35-36H,3-22,31-34,37-38H2,1-2H3. The fourth-order valence-electron chi connectivity index (χ4n) is 5.61. The molecule has 0 atom stereocenters. The molecular formula is C41H64O2S2. The van der Waals surface area contributed by atoms with E-state index < -0.39 is 0 Å². The summed E-state index contributed by atoms with van der Waals surface area (Å²) in [5.74, 6) is 13.8. The van der Waals surface area contributed by atoms with Crippen molar-refractivity contribution in [2.45, 2.75) is 155 Å². The highest BCUT2D eigenvalue weighted by Gasteiger charge is 2.30. The summed E-state index contributed by atoms with van der Waals surface area (Å²) in [6.07, 6.45) is 28.3. The lowest BCUT2D eigenvalue weighted by atomic mass is 9.83. The van der Waals surface area contributed by atoms with E-state index in [9.17, 15) is 0 Å². The maximum Gasteiger partial charge on any atom is 0.0768 e. The van der Waals surface area contributed by atoms with E-state index in [1.807, 2.05) is 0 Å². The van der Waals surface area contributed by atoms with Gasteiger partial charge in [0, 0.05) is 31.5 Å². The van der Waals surface area contributed by atoms with Crippen LogP contribution in [0.3, 0.4) is 0 Å². The van der Waals surface area contributed by atoms with Crippen LogP contribution in [0.15, 0.2) is 35.0 Å². The molecule has 0 amide bonds. The van der Waals surface area contributed by atoms with Crippen LogP contribution in [0.1, 0.15) is 165 Å². The van der Waals surface area contributed by atoms with Crippen molar-refractivity contribution in [1.29, 1.82) is 0 Å². The average Bonchev–Trinajstić information content (AvgIpc) is 3.77. The number of ether oxygens (including phenoxy) is 2. The van der Waals surface area contributed by atoms with Crippen LogP contribution in [0.25, 0.3) is 0 Å². The normalized spacial score (nSPS) is 11.2. The molecule has 0 unspecified atom stereocenters. The van der Waals surface area contributed by atoms with E-state index in [4.69, 9.17) is 9.47 Å². The minimum absolute atomic E-state index is 0.217. The number of rotatable bonds is 28. The second-order valence-electron chi connectivity index (χ2n) is 12.9. The summed E-state index contributed by atoms with van der Waals surface area (Å²) in [7, 11) is 0. The predicted octanol–water partition coefficient (Wildman–Crippen LogP) is 12.9. The second kappa shape index (κ2) is 28.6. The van der Waals surface area contributed by atoms with E-state index in [2.05, 4.69) is 72.6 Å². The van der Waals surface area contributed by atoms with E-state index >= 15 is 0 Å². The number of hydrogen-bond acceptors (Lipinski definition) is 4. The van der Waals surface area contributed by atoms with Gasteiger partial charge in [-0.1, -0.05) is 165 Å². The van der Waals surface area contributed by atoms with Gasteiger partial charge in [-0.25, -0.2) is 0 Å². The lowest BCUT2D eigenvalue weighted by molar-refractivity contribution is -0.0195. The summed E-state index contributed by atoms with van der Waals surface area (Å²) in [6.45, 7) is 7.51. The zero-order valence-electron chi connectivity index (χ0n) is 29.0. The number of hydrogen-bond donors (Lipinski definition) is 0. The molecule has 4 heteroatoms. The molecule has 0 aliphatic heterocycles. The SMILES string of the molecule is CCCCCCCCCCCCOCC(CC#Cc1cccs1)(CC#Cc1cccs1)COCCCCCCCCCCCC. The Morgan fingerprint density at radius 2 is 0.867 bits per heavy atom. The molecule has 0 N–H and O–H groups in total. The Kier molecular flexibility index (Phi) is 25.2. The molecule has 2 aromatic heterocycles. The van der Waals surface area contributed by atoms with Gasteiger partial charge in [0.25, 0.3) is 0 Å². The van der Waals surface area contributed by atoms with Crippen LogP contribution in [0.2, 0.25) is 0 Å². The Morgan fingerprint density at radius 3 is 1.20 bits per heavy atom. The third kappa shape index (κ3) is 21.8. The zero-order valence-corrected chi connectivity index (χ0v) is 30.6. The van der Waals surface area contributed by atoms with Crippen molar-refractivity contribution in [3.05, 3.63) is 44.8 Å². The van der Waals surface area contributed by atoms with Crippen LogP contribution >= 0.6 is 22.7 Å². The highest BCUT2D eigenvalue weighted by Crippen LogP contribution is 2.28.